The van der Waals surface area contributed by atoms with Crippen LogP contribution in [0.1, 0.15) is 39.5 Å². The van der Waals surface area contributed by atoms with E-state index in [1.807, 2.05) is 0 Å². The molecule has 0 aromatic rings. The molecule has 0 amide bonds. The smallest absolute Gasteiger partial charge is 0.0585 e. The van der Waals surface area contributed by atoms with E-state index >= 15 is 0 Å². The second kappa shape index (κ2) is 8.04. The fourth-order valence-electron chi connectivity index (χ4n) is 1.99. The quantitative estimate of drug-likeness (QED) is 0.594. The minimum Gasteiger partial charge on any atom is -0.395 e. The zero-order valence-corrected chi connectivity index (χ0v) is 10.9. The molecule has 96 valence electrons. The molecule has 2 N–H and O–H groups in total. The van der Waals surface area contributed by atoms with Gasteiger partial charge in [-0.05, 0) is 51.2 Å². The molecular weight excluding hydrogens is 200 g/mol. The Morgan fingerprint density at radius 2 is 2.12 bits per heavy atom. The first-order chi connectivity index (χ1) is 7.80. The van der Waals surface area contributed by atoms with Crippen molar-refractivity contribution in [3.63, 3.8) is 0 Å². The molecule has 1 fully saturated rings. The molecule has 0 bridgehead atoms. The predicted octanol–water partition coefficient (Wildman–Crippen LogP) is 1.47. The lowest BCUT2D eigenvalue weighted by molar-refractivity contribution is 0.206. The van der Waals surface area contributed by atoms with Crippen molar-refractivity contribution < 1.29 is 5.11 Å². The van der Waals surface area contributed by atoms with Gasteiger partial charge < -0.3 is 15.3 Å². The molecule has 3 nitrogen and oxygen atoms in total. The second-order valence-corrected chi connectivity index (χ2v) is 4.96. The first kappa shape index (κ1) is 13.9. The molecule has 0 saturated heterocycles. The van der Waals surface area contributed by atoms with E-state index < -0.39 is 0 Å². The van der Waals surface area contributed by atoms with Crippen molar-refractivity contribution in [1.29, 1.82) is 0 Å². The highest BCUT2D eigenvalue weighted by atomic mass is 16.3. The Morgan fingerprint density at radius 1 is 1.38 bits per heavy atom. The summed E-state index contributed by atoms with van der Waals surface area (Å²) in [6.45, 7) is 9.20. The summed E-state index contributed by atoms with van der Waals surface area (Å²) in [6.07, 6.45) is 5.05. The molecule has 1 unspecified atom stereocenters. The van der Waals surface area contributed by atoms with Crippen molar-refractivity contribution in [2.24, 2.45) is 5.92 Å². The molecule has 1 aliphatic rings. The summed E-state index contributed by atoms with van der Waals surface area (Å²) in [5, 5.41) is 12.6. The van der Waals surface area contributed by atoms with E-state index in [2.05, 4.69) is 24.1 Å². The van der Waals surface area contributed by atoms with Crippen LogP contribution in [0.5, 0.6) is 0 Å². The number of hydrogen-bond acceptors (Lipinski definition) is 3. The average Bonchev–Trinajstić information content (AvgIpc) is 3.11. The molecule has 1 atom stereocenters. The predicted molar refractivity (Wildman–Crippen MR) is 68.6 cm³/mol. The van der Waals surface area contributed by atoms with Crippen molar-refractivity contribution in [3.8, 4) is 0 Å². The molecule has 0 aromatic heterocycles. The normalized spacial score (nSPS) is 18.0. The number of nitrogens with one attached hydrogen (secondary N) is 1. The fraction of sp³-hybridized carbons (Fsp3) is 1.00. The van der Waals surface area contributed by atoms with Gasteiger partial charge in [-0.3, -0.25) is 0 Å². The van der Waals surface area contributed by atoms with Crippen molar-refractivity contribution >= 4 is 0 Å². The van der Waals surface area contributed by atoms with Crippen LogP contribution in [0.4, 0.5) is 0 Å². The molecule has 1 aliphatic carbocycles. The third-order valence-corrected chi connectivity index (χ3v) is 3.36. The van der Waals surface area contributed by atoms with Crippen molar-refractivity contribution in [3.05, 3.63) is 0 Å². The molecule has 0 heterocycles. The third-order valence-electron chi connectivity index (χ3n) is 3.36. The summed E-state index contributed by atoms with van der Waals surface area (Å²) in [7, 11) is 0. The Labute approximate surface area is 100 Å². The van der Waals surface area contributed by atoms with Gasteiger partial charge in [-0.1, -0.05) is 13.8 Å². The lowest BCUT2D eigenvalue weighted by atomic mass is 10.2. The van der Waals surface area contributed by atoms with Gasteiger partial charge in [0.25, 0.3) is 0 Å². The van der Waals surface area contributed by atoms with Gasteiger partial charge in [-0.15, -0.1) is 0 Å². The van der Waals surface area contributed by atoms with Crippen LogP contribution in [-0.2, 0) is 0 Å². The minimum absolute atomic E-state index is 0.265. The van der Waals surface area contributed by atoms with Gasteiger partial charge in [0.15, 0.2) is 0 Å². The summed E-state index contributed by atoms with van der Waals surface area (Å²) in [4.78, 5) is 2.52. The van der Waals surface area contributed by atoms with Crippen LogP contribution in [-0.4, -0.2) is 48.8 Å². The summed E-state index contributed by atoms with van der Waals surface area (Å²) < 4.78 is 0. The largest absolute Gasteiger partial charge is 0.395 e. The monoisotopic (exact) mass is 228 g/mol. The van der Waals surface area contributed by atoms with E-state index in [1.54, 1.807) is 0 Å². The second-order valence-electron chi connectivity index (χ2n) is 4.96. The van der Waals surface area contributed by atoms with Crippen molar-refractivity contribution in [2.45, 2.75) is 45.6 Å². The lowest BCUT2D eigenvalue weighted by Gasteiger charge is -2.23. The minimum atomic E-state index is 0.265. The molecule has 0 radical (unpaired) electrons. The topological polar surface area (TPSA) is 35.5 Å². The Morgan fingerprint density at radius 3 is 2.62 bits per heavy atom. The standard InChI is InChI=1S/C13H28N2O/c1-3-8-14-13(11-16)7-9-15(4-2)10-12-5-6-12/h12-14,16H,3-11H2,1-2H3. The van der Waals surface area contributed by atoms with E-state index in [-0.39, 0.29) is 12.6 Å². The summed E-state index contributed by atoms with van der Waals surface area (Å²) in [6, 6.07) is 0.285. The maximum absolute atomic E-state index is 9.25. The average molecular weight is 228 g/mol. The SMILES string of the molecule is CCCNC(CO)CCN(CC)CC1CC1. The van der Waals surface area contributed by atoms with E-state index in [9.17, 15) is 5.11 Å². The van der Waals surface area contributed by atoms with E-state index in [0.717, 1.165) is 38.4 Å². The van der Waals surface area contributed by atoms with Crippen LogP contribution in [0.3, 0.4) is 0 Å². The Bertz CT molecular complexity index is 171. The zero-order chi connectivity index (χ0) is 11.8. The van der Waals surface area contributed by atoms with Gasteiger partial charge in [0.2, 0.25) is 0 Å². The van der Waals surface area contributed by atoms with Gasteiger partial charge >= 0.3 is 0 Å². The van der Waals surface area contributed by atoms with Crippen LogP contribution >= 0.6 is 0 Å². The molecule has 1 rings (SSSR count). The maximum Gasteiger partial charge on any atom is 0.0585 e. The number of nitrogens with zero attached hydrogens (tertiary/aromatic N) is 1. The van der Waals surface area contributed by atoms with Crippen LogP contribution in [0, 0.1) is 5.92 Å². The van der Waals surface area contributed by atoms with Crippen molar-refractivity contribution in [2.75, 3.05) is 32.8 Å². The third kappa shape index (κ3) is 5.83. The Hall–Kier alpha value is -0.120. The highest BCUT2D eigenvalue weighted by Gasteiger charge is 2.23. The maximum atomic E-state index is 9.25. The van der Waals surface area contributed by atoms with Crippen molar-refractivity contribution in [1.82, 2.24) is 10.2 Å². The van der Waals surface area contributed by atoms with E-state index in [0.29, 0.717) is 0 Å². The molecule has 0 aliphatic heterocycles. The van der Waals surface area contributed by atoms with Gasteiger partial charge in [0.1, 0.15) is 0 Å². The molecule has 0 spiro atoms. The lowest BCUT2D eigenvalue weighted by Crippen LogP contribution is -2.37. The number of hydrogen-bond donors (Lipinski definition) is 2. The Kier molecular flexibility index (Phi) is 7.01. The summed E-state index contributed by atoms with van der Waals surface area (Å²) >= 11 is 0. The van der Waals surface area contributed by atoms with Crippen LogP contribution < -0.4 is 5.32 Å². The molecule has 0 aromatic carbocycles. The van der Waals surface area contributed by atoms with Gasteiger partial charge in [-0.2, -0.15) is 0 Å². The molecule has 16 heavy (non-hydrogen) atoms. The first-order valence-corrected chi connectivity index (χ1v) is 6.86. The number of aliphatic hydroxyl groups is 1. The van der Waals surface area contributed by atoms with E-state index in [4.69, 9.17) is 0 Å². The van der Waals surface area contributed by atoms with Crippen LogP contribution in [0.2, 0.25) is 0 Å². The van der Waals surface area contributed by atoms with Gasteiger partial charge in [0, 0.05) is 12.6 Å². The van der Waals surface area contributed by atoms with Crippen LogP contribution in [0.25, 0.3) is 0 Å². The van der Waals surface area contributed by atoms with E-state index in [1.165, 1.54) is 19.4 Å². The highest BCUT2D eigenvalue weighted by Crippen LogP contribution is 2.29. The molecule has 3 heteroatoms. The first-order valence-electron chi connectivity index (χ1n) is 6.86. The number of rotatable bonds is 10. The van der Waals surface area contributed by atoms with Crippen LogP contribution in [0.15, 0.2) is 0 Å². The molecule has 1 saturated carbocycles. The fourth-order valence-corrected chi connectivity index (χ4v) is 1.99. The highest BCUT2D eigenvalue weighted by molar-refractivity contribution is 4.78. The van der Waals surface area contributed by atoms with Gasteiger partial charge in [0.05, 0.1) is 6.61 Å². The zero-order valence-electron chi connectivity index (χ0n) is 10.9. The number of aliphatic hydroxyl groups excluding tert-OH is 1. The molecular formula is C13H28N2O. The summed E-state index contributed by atoms with van der Waals surface area (Å²) in [5.74, 6) is 0.969. The Balaban J connectivity index is 2.12. The van der Waals surface area contributed by atoms with Gasteiger partial charge in [-0.25, -0.2) is 0 Å². The summed E-state index contributed by atoms with van der Waals surface area (Å²) in [5.41, 5.74) is 0.